The highest BCUT2D eigenvalue weighted by Crippen LogP contribution is 2.02. The van der Waals surface area contributed by atoms with Crippen LogP contribution in [0.2, 0.25) is 0 Å². The van der Waals surface area contributed by atoms with E-state index in [0.717, 1.165) is 31.7 Å². The van der Waals surface area contributed by atoms with E-state index in [9.17, 15) is 4.79 Å². The summed E-state index contributed by atoms with van der Waals surface area (Å²) in [5.74, 6) is 0.102. The normalized spacial score (nSPS) is 16.6. The van der Waals surface area contributed by atoms with Crippen molar-refractivity contribution >= 4 is 12.0 Å². The van der Waals surface area contributed by atoms with Crippen molar-refractivity contribution in [2.24, 2.45) is 0 Å². The van der Waals surface area contributed by atoms with E-state index in [1.54, 1.807) is 6.08 Å². The zero-order chi connectivity index (χ0) is 11.2. The predicted octanol–water partition coefficient (Wildman–Crippen LogP) is 1.13. The Bertz CT molecular complexity index is 367. The average molecular weight is 216 g/mol. The fourth-order valence-electron chi connectivity index (χ4n) is 1.72. The van der Waals surface area contributed by atoms with Gasteiger partial charge in [0.15, 0.2) is 0 Å². The number of nitrogens with zero attached hydrogens (tertiary/aromatic N) is 1. The van der Waals surface area contributed by atoms with Crippen LogP contribution in [0.3, 0.4) is 0 Å². The summed E-state index contributed by atoms with van der Waals surface area (Å²) in [7, 11) is 0. The fourth-order valence-corrected chi connectivity index (χ4v) is 1.72. The molecule has 1 aliphatic rings. The van der Waals surface area contributed by atoms with Crippen LogP contribution < -0.4 is 5.32 Å². The Kier molecular flexibility index (Phi) is 3.72. The van der Waals surface area contributed by atoms with Crippen LogP contribution >= 0.6 is 0 Å². The van der Waals surface area contributed by atoms with E-state index in [2.05, 4.69) is 5.32 Å². The first-order chi connectivity index (χ1) is 7.86. The van der Waals surface area contributed by atoms with E-state index in [1.165, 1.54) is 0 Å². The lowest BCUT2D eigenvalue weighted by Crippen LogP contribution is -2.45. The van der Waals surface area contributed by atoms with Gasteiger partial charge in [-0.25, -0.2) is 0 Å². The summed E-state index contributed by atoms with van der Waals surface area (Å²) in [5, 5.41) is 3.23. The summed E-state index contributed by atoms with van der Waals surface area (Å²) < 4.78 is 0. The second kappa shape index (κ2) is 5.47. The molecule has 1 saturated heterocycles. The highest BCUT2D eigenvalue weighted by Gasteiger charge is 2.12. The summed E-state index contributed by atoms with van der Waals surface area (Å²) in [5.41, 5.74) is 1.06. The molecule has 3 heteroatoms. The topological polar surface area (TPSA) is 32.3 Å². The highest BCUT2D eigenvalue weighted by atomic mass is 16.2. The molecule has 0 radical (unpaired) electrons. The number of benzene rings is 1. The van der Waals surface area contributed by atoms with E-state index in [4.69, 9.17) is 0 Å². The van der Waals surface area contributed by atoms with Crippen molar-refractivity contribution in [3.8, 4) is 0 Å². The second-order valence-corrected chi connectivity index (χ2v) is 3.82. The van der Waals surface area contributed by atoms with Gasteiger partial charge in [0.25, 0.3) is 0 Å². The third-order valence-electron chi connectivity index (χ3n) is 2.65. The first-order valence-electron chi connectivity index (χ1n) is 5.59. The van der Waals surface area contributed by atoms with E-state index in [-0.39, 0.29) is 5.91 Å². The van der Waals surface area contributed by atoms with Crippen LogP contribution in [0.5, 0.6) is 0 Å². The Morgan fingerprint density at radius 1 is 1.19 bits per heavy atom. The van der Waals surface area contributed by atoms with Gasteiger partial charge in [-0.3, -0.25) is 4.79 Å². The minimum Gasteiger partial charge on any atom is -0.337 e. The van der Waals surface area contributed by atoms with E-state index >= 15 is 0 Å². The van der Waals surface area contributed by atoms with Gasteiger partial charge in [0, 0.05) is 32.3 Å². The molecule has 0 atom stereocenters. The zero-order valence-electron chi connectivity index (χ0n) is 9.23. The number of piperazine rings is 1. The Balaban J connectivity index is 1.93. The molecule has 1 heterocycles. The highest BCUT2D eigenvalue weighted by molar-refractivity contribution is 5.91. The maximum absolute atomic E-state index is 11.8. The third-order valence-corrected chi connectivity index (χ3v) is 2.65. The Labute approximate surface area is 95.8 Å². The van der Waals surface area contributed by atoms with Crippen molar-refractivity contribution in [3.05, 3.63) is 42.0 Å². The van der Waals surface area contributed by atoms with Crippen LogP contribution in [0.15, 0.2) is 36.4 Å². The van der Waals surface area contributed by atoms with Crippen molar-refractivity contribution in [1.82, 2.24) is 10.2 Å². The van der Waals surface area contributed by atoms with Crippen molar-refractivity contribution in [2.75, 3.05) is 26.2 Å². The summed E-state index contributed by atoms with van der Waals surface area (Å²) >= 11 is 0. The van der Waals surface area contributed by atoms with Gasteiger partial charge in [0.05, 0.1) is 0 Å². The number of nitrogens with one attached hydrogen (secondary N) is 1. The molecule has 1 N–H and O–H groups in total. The molecular formula is C13H16N2O. The maximum Gasteiger partial charge on any atom is 0.246 e. The SMILES string of the molecule is O=C(/C=C/c1ccccc1)N1CCNCC1. The van der Waals surface area contributed by atoms with Gasteiger partial charge >= 0.3 is 0 Å². The van der Waals surface area contributed by atoms with Crippen LogP contribution in [-0.2, 0) is 4.79 Å². The van der Waals surface area contributed by atoms with Gasteiger partial charge in [0.1, 0.15) is 0 Å². The molecule has 0 unspecified atom stereocenters. The lowest BCUT2D eigenvalue weighted by molar-refractivity contribution is -0.126. The number of hydrogen-bond acceptors (Lipinski definition) is 2. The van der Waals surface area contributed by atoms with Crippen molar-refractivity contribution in [3.63, 3.8) is 0 Å². The Morgan fingerprint density at radius 2 is 1.88 bits per heavy atom. The molecule has 0 aliphatic carbocycles. The van der Waals surface area contributed by atoms with Gasteiger partial charge < -0.3 is 10.2 Å². The fraction of sp³-hybridized carbons (Fsp3) is 0.308. The molecule has 16 heavy (non-hydrogen) atoms. The summed E-state index contributed by atoms with van der Waals surface area (Å²) in [4.78, 5) is 13.7. The van der Waals surface area contributed by atoms with E-state index in [1.807, 2.05) is 41.3 Å². The van der Waals surface area contributed by atoms with E-state index in [0.29, 0.717) is 0 Å². The van der Waals surface area contributed by atoms with Crippen molar-refractivity contribution in [1.29, 1.82) is 0 Å². The summed E-state index contributed by atoms with van der Waals surface area (Å²) in [6, 6.07) is 9.88. The van der Waals surface area contributed by atoms with Crippen molar-refractivity contribution < 1.29 is 4.79 Å². The van der Waals surface area contributed by atoms with Crippen LogP contribution in [0.25, 0.3) is 6.08 Å². The average Bonchev–Trinajstić information content (AvgIpc) is 2.38. The summed E-state index contributed by atoms with van der Waals surface area (Å²) in [6.45, 7) is 3.39. The molecular weight excluding hydrogens is 200 g/mol. The smallest absolute Gasteiger partial charge is 0.246 e. The molecule has 3 nitrogen and oxygen atoms in total. The number of rotatable bonds is 2. The monoisotopic (exact) mass is 216 g/mol. The molecule has 1 aromatic rings. The van der Waals surface area contributed by atoms with Crippen LogP contribution in [-0.4, -0.2) is 37.0 Å². The van der Waals surface area contributed by atoms with Gasteiger partial charge in [-0.2, -0.15) is 0 Å². The standard InChI is InChI=1S/C13H16N2O/c16-13(15-10-8-14-9-11-15)7-6-12-4-2-1-3-5-12/h1-7,14H,8-11H2/b7-6+. The number of carbonyl (C=O) groups excluding carboxylic acids is 1. The Morgan fingerprint density at radius 3 is 2.56 bits per heavy atom. The molecule has 0 aromatic heterocycles. The first-order valence-corrected chi connectivity index (χ1v) is 5.59. The number of carbonyl (C=O) groups is 1. The van der Waals surface area contributed by atoms with Gasteiger partial charge in [-0.15, -0.1) is 0 Å². The second-order valence-electron chi connectivity index (χ2n) is 3.82. The minimum atomic E-state index is 0.102. The molecule has 0 saturated carbocycles. The van der Waals surface area contributed by atoms with Gasteiger partial charge in [0.2, 0.25) is 5.91 Å². The largest absolute Gasteiger partial charge is 0.337 e. The molecule has 1 fully saturated rings. The molecule has 1 aliphatic heterocycles. The lowest BCUT2D eigenvalue weighted by atomic mass is 10.2. The Hall–Kier alpha value is -1.61. The number of hydrogen-bond donors (Lipinski definition) is 1. The summed E-state index contributed by atoms with van der Waals surface area (Å²) in [6.07, 6.45) is 3.52. The van der Waals surface area contributed by atoms with Crippen LogP contribution in [0.1, 0.15) is 5.56 Å². The molecule has 1 aromatic carbocycles. The van der Waals surface area contributed by atoms with Crippen LogP contribution in [0.4, 0.5) is 0 Å². The molecule has 1 amide bonds. The van der Waals surface area contributed by atoms with Crippen LogP contribution in [0, 0.1) is 0 Å². The zero-order valence-corrected chi connectivity index (χ0v) is 9.23. The first kappa shape index (κ1) is 10.9. The van der Waals surface area contributed by atoms with Crippen molar-refractivity contribution in [2.45, 2.75) is 0 Å². The molecule has 0 bridgehead atoms. The number of amides is 1. The maximum atomic E-state index is 11.8. The molecule has 2 rings (SSSR count). The molecule has 84 valence electrons. The van der Waals surface area contributed by atoms with Gasteiger partial charge in [-0.1, -0.05) is 30.3 Å². The quantitative estimate of drug-likeness (QED) is 0.752. The predicted molar refractivity (Wildman–Crippen MR) is 64.9 cm³/mol. The lowest BCUT2D eigenvalue weighted by Gasteiger charge is -2.26. The minimum absolute atomic E-state index is 0.102. The van der Waals surface area contributed by atoms with Gasteiger partial charge in [-0.05, 0) is 11.6 Å². The third kappa shape index (κ3) is 2.94. The van der Waals surface area contributed by atoms with E-state index < -0.39 is 0 Å². The molecule has 0 spiro atoms.